The maximum atomic E-state index is 5.40. The van der Waals surface area contributed by atoms with E-state index in [1.165, 1.54) is 40.6 Å². The summed E-state index contributed by atoms with van der Waals surface area (Å²) in [5.74, 6) is 1.75. The Morgan fingerprint density at radius 2 is 1.89 bits per heavy atom. The smallest absolute Gasteiger partial charge is 0.213 e. The van der Waals surface area contributed by atoms with E-state index in [2.05, 4.69) is 53.4 Å². The minimum absolute atomic E-state index is 0.427. The van der Waals surface area contributed by atoms with Gasteiger partial charge in [0.05, 0.1) is 12.8 Å². The van der Waals surface area contributed by atoms with Crippen molar-refractivity contribution in [3.8, 4) is 17.1 Å². The van der Waals surface area contributed by atoms with Gasteiger partial charge in [0.2, 0.25) is 5.88 Å². The molecule has 4 heteroatoms. The molecule has 1 aromatic carbocycles. The molecule has 0 radical (unpaired) electrons. The summed E-state index contributed by atoms with van der Waals surface area (Å²) in [7, 11) is 1.67. The lowest BCUT2D eigenvalue weighted by Crippen LogP contribution is -2.26. The van der Waals surface area contributed by atoms with Gasteiger partial charge in [0.15, 0.2) is 0 Å². The molecule has 142 valence electrons. The predicted molar refractivity (Wildman–Crippen MR) is 112 cm³/mol. The van der Waals surface area contributed by atoms with E-state index in [-0.39, 0.29) is 0 Å². The van der Waals surface area contributed by atoms with Crippen LogP contribution >= 0.6 is 0 Å². The van der Waals surface area contributed by atoms with Gasteiger partial charge in [0, 0.05) is 28.2 Å². The number of nitrogens with zero attached hydrogens (tertiary/aromatic N) is 1. The topological polar surface area (TPSA) is 49.9 Å². The Hall–Kier alpha value is -2.33. The number of aryl methyl sites for hydroxylation is 1. The lowest BCUT2D eigenvalue weighted by molar-refractivity contribution is 0.397. The fourth-order valence-electron chi connectivity index (χ4n) is 4.35. The zero-order valence-corrected chi connectivity index (χ0v) is 16.7. The van der Waals surface area contributed by atoms with Crippen LogP contribution < -0.4 is 10.1 Å². The molecule has 0 bridgehead atoms. The summed E-state index contributed by atoms with van der Waals surface area (Å²) in [4.78, 5) is 8.11. The van der Waals surface area contributed by atoms with Gasteiger partial charge >= 0.3 is 0 Å². The van der Waals surface area contributed by atoms with Crippen LogP contribution in [0.2, 0.25) is 0 Å². The Labute approximate surface area is 161 Å². The normalized spacial score (nSPS) is 15.6. The van der Waals surface area contributed by atoms with Gasteiger partial charge in [-0.2, -0.15) is 0 Å². The summed E-state index contributed by atoms with van der Waals surface area (Å²) in [5, 5.41) is 4.82. The van der Waals surface area contributed by atoms with Gasteiger partial charge in [-0.25, -0.2) is 4.98 Å². The van der Waals surface area contributed by atoms with Crippen molar-refractivity contribution < 1.29 is 4.74 Å². The van der Waals surface area contributed by atoms with Crippen LogP contribution in [-0.2, 0) is 0 Å². The highest BCUT2D eigenvalue weighted by Gasteiger charge is 2.20. The first-order valence-electron chi connectivity index (χ1n) is 9.96. The van der Waals surface area contributed by atoms with E-state index in [1.54, 1.807) is 7.11 Å². The third-order valence-electron chi connectivity index (χ3n) is 5.68. The number of benzene rings is 1. The Kier molecular flexibility index (Phi) is 4.92. The number of hydrogen-bond donors (Lipinski definition) is 2. The average Bonchev–Trinajstić information content (AvgIpc) is 3.07. The number of aromatic nitrogens is 2. The summed E-state index contributed by atoms with van der Waals surface area (Å²) in [6, 6.07) is 11.1. The van der Waals surface area contributed by atoms with Gasteiger partial charge in [-0.15, -0.1) is 0 Å². The Balaban J connectivity index is 1.86. The van der Waals surface area contributed by atoms with Crippen molar-refractivity contribution in [2.45, 2.75) is 45.4 Å². The van der Waals surface area contributed by atoms with Crippen molar-refractivity contribution in [2.24, 2.45) is 0 Å². The monoisotopic (exact) mass is 363 g/mol. The van der Waals surface area contributed by atoms with E-state index in [0.717, 1.165) is 24.3 Å². The first-order valence-corrected chi connectivity index (χ1v) is 9.96. The maximum Gasteiger partial charge on any atom is 0.213 e. The van der Waals surface area contributed by atoms with Gasteiger partial charge in [0.25, 0.3) is 0 Å². The second-order valence-corrected chi connectivity index (χ2v) is 7.94. The lowest BCUT2D eigenvalue weighted by Gasteiger charge is -2.23. The Morgan fingerprint density at radius 1 is 1.11 bits per heavy atom. The molecule has 0 atom stereocenters. The molecule has 0 unspecified atom stereocenters. The standard InChI is InChI=1S/C23H29N3O/c1-14(2)22-19-12-17(16-7-9-24-10-8-16)5-6-20(19)26-23(22)18-11-15(3)25-21(13-18)27-4/h5-6,11-14,16,24,26H,7-10H2,1-4H3. The predicted octanol–water partition coefficient (Wildman–Crippen LogP) is 5.14. The number of ether oxygens (including phenoxy) is 1. The second kappa shape index (κ2) is 7.35. The van der Waals surface area contributed by atoms with E-state index in [9.17, 15) is 0 Å². The maximum absolute atomic E-state index is 5.40. The number of hydrogen-bond acceptors (Lipinski definition) is 3. The fourth-order valence-corrected chi connectivity index (χ4v) is 4.35. The first-order chi connectivity index (χ1) is 13.1. The molecule has 1 aliphatic heterocycles. The molecular formula is C23H29N3O. The highest BCUT2D eigenvalue weighted by atomic mass is 16.5. The van der Waals surface area contributed by atoms with Crippen molar-refractivity contribution in [3.63, 3.8) is 0 Å². The van der Waals surface area contributed by atoms with E-state index in [0.29, 0.717) is 17.7 Å². The number of aromatic amines is 1. The van der Waals surface area contributed by atoms with Gasteiger partial charge < -0.3 is 15.0 Å². The molecule has 27 heavy (non-hydrogen) atoms. The number of piperidine rings is 1. The molecule has 4 nitrogen and oxygen atoms in total. The van der Waals surface area contributed by atoms with Crippen LogP contribution in [0.1, 0.15) is 55.3 Å². The molecule has 2 N–H and O–H groups in total. The number of pyridine rings is 1. The number of nitrogens with one attached hydrogen (secondary N) is 2. The van der Waals surface area contributed by atoms with E-state index in [1.807, 2.05) is 13.0 Å². The van der Waals surface area contributed by atoms with Crippen LogP contribution in [0.15, 0.2) is 30.3 Å². The highest BCUT2D eigenvalue weighted by molar-refractivity contribution is 5.92. The summed E-state index contributed by atoms with van der Waals surface area (Å²) >= 11 is 0. The zero-order valence-electron chi connectivity index (χ0n) is 16.7. The zero-order chi connectivity index (χ0) is 19.0. The van der Waals surface area contributed by atoms with Gasteiger partial charge in [-0.1, -0.05) is 19.9 Å². The largest absolute Gasteiger partial charge is 0.481 e. The summed E-state index contributed by atoms with van der Waals surface area (Å²) in [5.41, 5.74) is 7.36. The minimum atomic E-state index is 0.427. The highest BCUT2D eigenvalue weighted by Crippen LogP contribution is 2.38. The fraction of sp³-hybridized carbons (Fsp3) is 0.435. The molecule has 3 heterocycles. The molecule has 1 aliphatic rings. The molecule has 0 aliphatic carbocycles. The second-order valence-electron chi connectivity index (χ2n) is 7.94. The van der Waals surface area contributed by atoms with E-state index >= 15 is 0 Å². The molecule has 2 aromatic heterocycles. The SMILES string of the molecule is COc1cc(-c2[nH]c3ccc(C4CCNCC4)cc3c2C(C)C)cc(C)n1. The van der Waals surface area contributed by atoms with E-state index < -0.39 is 0 Å². The molecule has 1 fully saturated rings. The van der Waals surface area contributed by atoms with Crippen LogP contribution in [0.4, 0.5) is 0 Å². The van der Waals surface area contributed by atoms with Crippen LogP contribution in [-0.4, -0.2) is 30.2 Å². The average molecular weight is 364 g/mol. The first kappa shape index (κ1) is 18.1. The lowest BCUT2D eigenvalue weighted by atomic mass is 9.88. The number of fused-ring (bicyclic) bond motifs is 1. The number of rotatable bonds is 4. The molecule has 1 saturated heterocycles. The molecule has 0 amide bonds. The van der Waals surface area contributed by atoms with Crippen molar-refractivity contribution in [3.05, 3.63) is 47.2 Å². The van der Waals surface area contributed by atoms with Crippen molar-refractivity contribution in [2.75, 3.05) is 20.2 Å². The van der Waals surface area contributed by atoms with Crippen LogP contribution in [0.5, 0.6) is 5.88 Å². The molecular weight excluding hydrogens is 334 g/mol. The molecule has 3 aromatic rings. The molecule has 4 rings (SSSR count). The third-order valence-corrected chi connectivity index (χ3v) is 5.68. The third kappa shape index (κ3) is 3.46. The quantitative estimate of drug-likeness (QED) is 0.675. The molecule has 0 spiro atoms. The summed E-state index contributed by atoms with van der Waals surface area (Å²) in [6.45, 7) is 8.80. The van der Waals surface area contributed by atoms with Crippen molar-refractivity contribution in [1.82, 2.24) is 15.3 Å². The van der Waals surface area contributed by atoms with Crippen molar-refractivity contribution in [1.29, 1.82) is 0 Å². The van der Waals surface area contributed by atoms with E-state index in [4.69, 9.17) is 4.74 Å². The van der Waals surface area contributed by atoms with Gasteiger partial charge in [-0.05, 0) is 74.0 Å². The minimum Gasteiger partial charge on any atom is -0.481 e. The number of H-pyrrole nitrogens is 1. The van der Waals surface area contributed by atoms with Gasteiger partial charge in [-0.3, -0.25) is 0 Å². The van der Waals surface area contributed by atoms with Gasteiger partial charge in [0.1, 0.15) is 0 Å². The Bertz CT molecular complexity index is 952. The van der Waals surface area contributed by atoms with Crippen LogP contribution in [0, 0.1) is 6.92 Å². The summed E-state index contributed by atoms with van der Waals surface area (Å²) in [6.07, 6.45) is 2.45. The Morgan fingerprint density at radius 3 is 2.59 bits per heavy atom. The van der Waals surface area contributed by atoms with Crippen molar-refractivity contribution >= 4 is 10.9 Å². The number of methoxy groups -OCH3 is 1. The van der Waals surface area contributed by atoms with Crippen LogP contribution in [0.3, 0.4) is 0 Å². The molecule has 0 saturated carbocycles. The summed E-state index contributed by atoms with van der Waals surface area (Å²) < 4.78 is 5.40. The van der Waals surface area contributed by atoms with Crippen LogP contribution in [0.25, 0.3) is 22.2 Å².